The average molecular weight is 436 g/mol. The third kappa shape index (κ3) is 4.35. The van der Waals surface area contributed by atoms with E-state index in [9.17, 15) is 17.6 Å². The maximum atomic E-state index is 13.4. The quantitative estimate of drug-likeness (QED) is 0.414. The molecule has 0 aliphatic carbocycles. The molecular weight excluding hydrogens is 422 g/mol. The van der Waals surface area contributed by atoms with Crippen molar-refractivity contribution in [1.29, 1.82) is 0 Å². The Balaban J connectivity index is 1.47. The lowest BCUT2D eigenvalue weighted by Gasteiger charge is -2.13. The predicted molar refractivity (Wildman–Crippen MR) is 105 cm³/mol. The van der Waals surface area contributed by atoms with E-state index in [1.165, 1.54) is 0 Å². The summed E-state index contributed by atoms with van der Waals surface area (Å²) in [4.78, 5) is 15.5. The Morgan fingerprint density at radius 1 is 1.00 bits per heavy atom. The van der Waals surface area contributed by atoms with Crippen LogP contribution in [0.25, 0.3) is 11.0 Å². The van der Waals surface area contributed by atoms with Crippen LogP contribution >= 0.6 is 11.6 Å². The Morgan fingerprint density at radius 3 is 2.50 bits per heavy atom. The number of nitrogens with one attached hydrogen (secondary N) is 2. The van der Waals surface area contributed by atoms with E-state index in [0.29, 0.717) is 17.1 Å². The zero-order chi connectivity index (χ0) is 21.3. The summed E-state index contributed by atoms with van der Waals surface area (Å²) >= 11 is 6.00. The van der Waals surface area contributed by atoms with Crippen molar-refractivity contribution in [2.45, 2.75) is 19.1 Å². The first-order valence-corrected chi connectivity index (χ1v) is 9.19. The summed E-state index contributed by atoms with van der Waals surface area (Å²) in [6.45, 7) is -0.265. The van der Waals surface area contributed by atoms with Gasteiger partial charge in [-0.1, -0.05) is 11.6 Å². The van der Waals surface area contributed by atoms with Crippen LogP contribution in [0.4, 0.5) is 23.5 Å². The average Bonchev–Trinajstić information content (AvgIpc) is 3.08. The van der Waals surface area contributed by atoms with E-state index in [4.69, 9.17) is 11.6 Å². The Labute approximate surface area is 173 Å². The topological polar surface area (TPSA) is 66.5 Å². The lowest BCUT2D eigenvalue weighted by atomic mass is 10.1. The van der Waals surface area contributed by atoms with Crippen molar-refractivity contribution in [2.75, 3.05) is 5.32 Å². The normalized spacial score (nSPS) is 11.8. The van der Waals surface area contributed by atoms with Gasteiger partial charge < -0.3 is 10.3 Å². The summed E-state index contributed by atoms with van der Waals surface area (Å²) in [6, 6.07) is 4.16. The number of hydrogen-bond donors (Lipinski definition) is 2. The highest BCUT2D eigenvalue weighted by Gasteiger charge is 2.33. The lowest BCUT2D eigenvalue weighted by molar-refractivity contribution is -0.138. The number of nitrogens with zero attached hydrogens (tertiary/aromatic N) is 3. The molecule has 0 saturated carbocycles. The zero-order valence-electron chi connectivity index (χ0n) is 15.3. The predicted octanol–water partition coefficient (Wildman–Crippen LogP) is 5.37. The van der Waals surface area contributed by atoms with Gasteiger partial charge >= 0.3 is 6.18 Å². The molecule has 0 amide bonds. The van der Waals surface area contributed by atoms with Crippen LogP contribution in [0.2, 0.25) is 5.02 Å². The summed E-state index contributed by atoms with van der Waals surface area (Å²) < 4.78 is 52.6. The Kier molecular flexibility index (Phi) is 5.29. The van der Waals surface area contributed by atoms with E-state index >= 15 is 0 Å². The summed E-state index contributed by atoms with van der Waals surface area (Å²) in [6.07, 6.45) is 2.46. The van der Waals surface area contributed by atoms with Crippen LogP contribution in [-0.2, 0) is 19.1 Å². The molecule has 0 spiro atoms. The fourth-order valence-corrected chi connectivity index (χ4v) is 3.25. The molecule has 0 radical (unpaired) electrons. The molecule has 0 saturated heterocycles. The molecule has 5 nitrogen and oxygen atoms in total. The number of alkyl halides is 3. The molecule has 154 valence electrons. The number of H-pyrrole nitrogens is 1. The second-order valence-electron chi connectivity index (χ2n) is 6.61. The second kappa shape index (κ2) is 7.91. The number of anilines is 1. The number of rotatable bonds is 5. The molecule has 0 bridgehead atoms. The maximum Gasteiger partial charge on any atom is 0.416 e. The number of hydrogen-bond acceptors (Lipinski definition) is 4. The molecule has 0 fully saturated rings. The fourth-order valence-electron chi connectivity index (χ4n) is 3.10. The van der Waals surface area contributed by atoms with Gasteiger partial charge in [0.05, 0.1) is 10.6 Å². The van der Waals surface area contributed by atoms with Gasteiger partial charge in [0.2, 0.25) is 5.95 Å². The number of benzene rings is 1. The van der Waals surface area contributed by atoms with Gasteiger partial charge in [-0.2, -0.15) is 13.2 Å². The van der Waals surface area contributed by atoms with Crippen molar-refractivity contribution in [3.05, 3.63) is 82.1 Å². The number of pyridine rings is 1. The van der Waals surface area contributed by atoms with Gasteiger partial charge in [0.25, 0.3) is 0 Å². The number of halogens is 5. The largest absolute Gasteiger partial charge is 0.416 e. The van der Waals surface area contributed by atoms with E-state index < -0.39 is 17.6 Å². The van der Waals surface area contributed by atoms with Gasteiger partial charge in [0.1, 0.15) is 11.5 Å². The monoisotopic (exact) mass is 435 g/mol. The van der Waals surface area contributed by atoms with E-state index in [1.807, 2.05) is 12.3 Å². The van der Waals surface area contributed by atoms with E-state index in [-0.39, 0.29) is 18.1 Å². The molecular formula is C20H14ClF4N5. The number of fused-ring (bicyclic) bond motifs is 1. The van der Waals surface area contributed by atoms with Crippen LogP contribution in [-0.4, -0.2) is 19.9 Å². The molecule has 30 heavy (non-hydrogen) atoms. The van der Waals surface area contributed by atoms with Gasteiger partial charge in [-0.25, -0.2) is 19.3 Å². The first-order valence-electron chi connectivity index (χ1n) is 8.81. The van der Waals surface area contributed by atoms with Gasteiger partial charge in [-0.05, 0) is 41.0 Å². The van der Waals surface area contributed by atoms with Crippen molar-refractivity contribution < 1.29 is 17.6 Å². The molecule has 2 N–H and O–H groups in total. The van der Waals surface area contributed by atoms with Crippen molar-refractivity contribution in [3.63, 3.8) is 0 Å². The summed E-state index contributed by atoms with van der Waals surface area (Å²) in [5.41, 5.74) is 1.34. The van der Waals surface area contributed by atoms with Gasteiger partial charge in [-0.3, -0.25) is 0 Å². The first kappa shape index (κ1) is 20.1. The molecule has 0 atom stereocenters. The molecule has 4 aromatic rings. The smallest absolute Gasteiger partial charge is 0.350 e. The van der Waals surface area contributed by atoms with E-state index in [0.717, 1.165) is 34.7 Å². The first-order chi connectivity index (χ1) is 14.3. The molecule has 0 unspecified atom stereocenters. The molecule has 3 heterocycles. The highest BCUT2D eigenvalue weighted by Crippen LogP contribution is 2.32. The SMILES string of the molecule is Fc1ccc(C(F)(F)F)c(CNc2ncc(Cc3c[nH]c4ncc(Cl)cc34)cn2)c1. The summed E-state index contributed by atoms with van der Waals surface area (Å²) in [7, 11) is 0. The van der Waals surface area contributed by atoms with Crippen LogP contribution in [0, 0.1) is 5.82 Å². The van der Waals surface area contributed by atoms with Crippen molar-refractivity contribution in [3.8, 4) is 0 Å². The van der Waals surface area contributed by atoms with Crippen LogP contribution in [0.5, 0.6) is 0 Å². The van der Waals surface area contributed by atoms with Crippen LogP contribution in [0.1, 0.15) is 22.3 Å². The molecule has 0 aliphatic heterocycles. The molecule has 0 aliphatic rings. The Hall–Kier alpha value is -3.20. The molecule has 3 aromatic heterocycles. The van der Waals surface area contributed by atoms with Gasteiger partial charge in [-0.15, -0.1) is 0 Å². The minimum absolute atomic E-state index is 0.139. The van der Waals surface area contributed by atoms with Crippen molar-refractivity contribution in [1.82, 2.24) is 19.9 Å². The Morgan fingerprint density at radius 2 is 1.77 bits per heavy atom. The third-order valence-electron chi connectivity index (χ3n) is 4.49. The van der Waals surface area contributed by atoms with Crippen molar-refractivity contribution in [2.24, 2.45) is 0 Å². The van der Waals surface area contributed by atoms with Crippen LogP contribution in [0.15, 0.2) is 49.1 Å². The van der Waals surface area contributed by atoms with Gasteiger partial charge in [0, 0.05) is 43.1 Å². The minimum Gasteiger partial charge on any atom is -0.350 e. The van der Waals surface area contributed by atoms with Crippen LogP contribution < -0.4 is 5.32 Å². The lowest BCUT2D eigenvalue weighted by Crippen LogP contribution is -2.13. The third-order valence-corrected chi connectivity index (χ3v) is 4.70. The van der Waals surface area contributed by atoms with Gasteiger partial charge in [0.15, 0.2) is 0 Å². The molecule has 4 rings (SSSR count). The summed E-state index contributed by atoms with van der Waals surface area (Å²) in [5.74, 6) is -0.607. The molecule has 1 aromatic carbocycles. The van der Waals surface area contributed by atoms with Crippen molar-refractivity contribution >= 4 is 28.6 Å². The summed E-state index contributed by atoms with van der Waals surface area (Å²) in [5, 5.41) is 4.11. The second-order valence-corrected chi connectivity index (χ2v) is 7.04. The standard InChI is InChI=1S/C20H14ClF4N5/c21-14-5-16-12(8-26-18(16)27-10-14)3-11-6-28-19(29-7-11)30-9-13-4-15(22)1-2-17(13)20(23,24)25/h1-2,4-8,10H,3,9H2,(H,26,27)(H,28,29,30). The minimum atomic E-state index is -4.58. The number of aromatic nitrogens is 4. The van der Waals surface area contributed by atoms with E-state index in [1.54, 1.807) is 18.6 Å². The maximum absolute atomic E-state index is 13.4. The number of aromatic amines is 1. The zero-order valence-corrected chi connectivity index (χ0v) is 16.0. The Bertz CT molecular complexity index is 1190. The highest BCUT2D eigenvalue weighted by molar-refractivity contribution is 6.31. The van der Waals surface area contributed by atoms with E-state index in [2.05, 4.69) is 25.3 Å². The molecule has 10 heteroatoms. The fraction of sp³-hybridized carbons (Fsp3) is 0.150. The van der Waals surface area contributed by atoms with Crippen LogP contribution in [0.3, 0.4) is 0 Å². The highest BCUT2D eigenvalue weighted by atomic mass is 35.5.